The molecule has 19 heavy (non-hydrogen) atoms. The van der Waals surface area contributed by atoms with Gasteiger partial charge in [0.2, 0.25) is 0 Å². The molecule has 1 aliphatic carbocycles. The molecule has 1 amide bonds. The second-order valence-electron chi connectivity index (χ2n) is 3.97. The lowest BCUT2D eigenvalue weighted by atomic mass is 10.1. The molecule has 0 radical (unpaired) electrons. The third-order valence-electron chi connectivity index (χ3n) is 2.74. The fourth-order valence-corrected chi connectivity index (χ4v) is 1.71. The Labute approximate surface area is 110 Å². The fraction of sp³-hybridized carbons (Fsp3) is 0.133. The molecule has 0 spiro atoms. The number of methoxy groups -OCH3 is 1. The van der Waals surface area contributed by atoms with Crippen LogP contribution in [0.2, 0.25) is 0 Å². The van der Waals surface area contributed by atoms with Crippen LogP contribution in [0, 0.1) is 18.2 Å². The molecule has 0 fully saturated rings. The molecule has 2 rings (SSSR count). The summed E-state index contributed by atoms with van der Waals surface area (Å²) in [5.74, 6) is 2.13. The van der Waals surface area contributed by atoms with Crippen LogP contribution >= 0.6 is 0 Å². The summed E-state index contributed by atoms with van der Waals surface area (Å²) in [4.78, 5) is 12.0. The third kappa shape index (κ3) is 2.83. The van der Waals surface area contributed by atoms with Crippen LogP contribution in [-0.2, 0) is 4.74 Å². The molecule has 0 aromatic heterocycles. The third-order valence-corrected chi connectivity index (χ3v) is 2.74. The van der Waals surface area contributed by atoms with Gasteiger partial charge in [0.25, 0.3) is 5.91 Å². The second-order valence-corrected chi connectivity index (χ2v) is 3.97. The Kier molecular flexibility index (Phi) is 3.67. The van der Waals surface area contributed by atoms with Crippen molar-refractivity contribution in [3.63, 3.8) is 0 Å². The largest absolute Gasteiger partial charge is 0.501 e. The minimum atomic E-state index is -0.513. The number of ether oxygens (including phenoxy) is 1. The van der Waals surface area contributed by atoms with Gasteiger partial charge in [-0.2, -0.15) is 0 Å². The normalized spacial score (nSPS) is 13.3. The Morgan fingerprint density at radius 1 is 1.53 bits per heavy atom. The summed E-state index contributed by atoms with van der Waals surface area (Å²) in [7, 11) is 1.57. The van der Waals surface area contributed by atoms with Crippen molar-refractivity contribution < 1.29 is 13.9 Å². The summed E-state index contributed by atoms with van der Waals surface area (Å²) in [6.07, 6.45) is 9.38. The van der Waals surface area contributed by atoms with Crippen molar-refractivity contribution in [2.75, 3.05) is 7.11 Å². The molecule has 4 heteroatoms. The summed E-state index contributed by atoms with van der Waals surface area (Å²) in [5.41, 5.74) is 1.05. The Balaban J connectivity index is 2.14. The number of halogens is 1. The highest BCUT2D eigenvalue weighted by Gasteiger charge is 2.12. The predicted molar refractivity (Wildman–Crippen MR) is 69.6 cm³/mol. The zero-order valence-electron chi connectivity index (χ0n) is 10.4. The van der Waals surface area contributed by atoms with E-state index in [0.717, 1.165) is 5.76 Å². The van der Waals surface area contributed by atoms with E-state index < -0.39 is 5.82 Å². The Bertz CT molecular complexity index is 624. The number of benzene rings is 1. The van der Waals surface area contributed by atoms with E-state index in [9.17, 15) is 9.18 Å². The lowest BCUT2D eigenvalue weighted by molar-refractivity contribution is 0.0967. The van der Waals surface area contributed by atoms with Gasteiger partial charge in [-0.3, -0.25) is 4.79 Å². The number of nitrogens with one attached hydrogen (secondary N) is 1. The number of allylic oxidation sites excluding steroid dienone is 2. The smallest absolute Gasteiger partial charge is 0.255 e. The zero-order chi connectivity index (χ0) is 13.8. The first-order chi connectivity index (χ1) is 9.13. The zero-order valence-corrected chi connectivity index (χ0v) is 10.4. The molecule has 1 N–H and O–H groups in total. The number of rotatable bonds is 3. The molecule has 0 aliphatic heterocycles. The average Bonchev–Trinajstić information content (AvgIpc) is 2.86. The van der Waals surface area contributed by atoms with E-state index in [1.165, 1.54) is 18.2 Å². The van der Waals surface area contributed by atoms with Crippen LogP contribution in [0.4, 0.5) is 4.39 Å². The molecule has 1 aromatic rings. The monoisotopic (exact) mass is 257 g/mol. The van der Waals surface area contributed by atoms with Crippen molar-refractivity contribution in [2.24, 2.45) is 0 Å². The summed E-state index contributed by atoms with van der Waals surface area (Å²) in [6, 6.07) is 3.92. The van der Waals surface area contributed by atoms with Crippen molar-refractivity contribution in [1.29, 1.82) is 0 Å². The van der Waals surface area contributed by atoms with E-state index in [1.807, 2.05) is 6.08 Å². The minimum Gasteiger partial charge on any atom is -0.501 e. The van der Waals surface area contributed by atoms with Crippen molar-refractivity contribution in [2.45, 2.75) is 6.42 Å². The van der Waals surface area contributed by atoms with Gasteiger partial charge in [0.15, 0.2) is 0 Å². The summed E-state index contributed by atoms with van der Waals surface area (Å²) in [6.45, 7) is 0. The van der Waals surface area contributed by atoms with Crippen LogP contribution < -0.4 is 5.32 Å². The minimum absolute atomic E-state index is 0.0705. The molecule has 0 heterocycles. The van der Waals surface area contributed by atoms with Gasteiger partial charge in [-0.25, -0.2) is 4.39 Å². The number of hydrogen-bond acceptors (Lipinski definition) is 2. The maximum absolute atomic E-state index is 13.2. The van der Waals surface area contributed by atoms with Gasteiger partial charge >= 0.3 is 0 Å². The Hall–Kier alpha value is -2.54. The Morgan fingerprint density at radius 3 is 2.95 bits per heavy atom. The first-order valence-corrected chi connectivity index (χ1v) is 5.66. The predicted octanol–water partition coefficient (Wildman–Crippen LogP) is 2.35. The second kappa shape index (κ2) is 5.40. The summed E-state index contributed by atoms with van der Waals surface area (Å²) in [5, 5.41) is 2.70. The highest BCUT2D eigenvalue weighted by molar-refractivity contribution is 5.96. The lowest BCUT2D eigenvalue weighted by Gasteiger charge is -2.05. The van der Waals surface area contributed by atoms with Crippen molar-refractivity contribution >= 4 is 5.91 Å². The van der Waals surface area contributed by atoms with Crippen LogP contribution in [0.3, 0.4) is 0 Å². The van der Waals surface area contributed by atoms with Crippen molar-refractivity contribution in [3.05, 3.63) is 58.8 Å². The molecule has 3 nitrogen and oxygen atoms in total. The van der Waals surface area contributed by atoms with E-state index in [2.05, 4.69) is 11.2 Å². The van der Waals surface area contributed by atoms with Crippen LogP contribution in [0.1, 0.15) is 22.3 Å². The molecule has 0 bridgehead atoms. The molecule has 0 saturated carbocycles. The molecule has 1 aromatic carbocycles. The first kappa shape index (κ1) is 12.9. The van der Waals surface area contributed by atoms with Crippen LogP contribution in [0.5, 0.6) is 0 Å². The number of amides is 1. The summed E-state index contributed by atoms with van der Waals surface area (Å²) < 4.78 is 18.3. The number of carbonyl (C=O) groups excluding carboxylic acids is 1. The van der Waals surface area contributed by atoms with Crippen molar-refractivity contribution in [3.8, 4) is 12.3 Å². The topological polar surface area (TPSA) is 38.3 Å². The number of terminal acetylenes is 1. The number of hydrogen-bond donors (Lipinski definition) is 1. The standard InChI is InChI=1S/C15H12FNO2/c1-3-10-8-11(4-7-14(10)16)15(18)17-12-5-6-13(9-12)19-2/h1,4-5,7-9H,6H2,2H3,(H,17,18). The fourth-order valence-electron chi connectivity index (χ4n) is 1.71. The van der Waals surface area contributed by atoms with Gasteiger partial charge in [-0.1, -0.05) is 12.0 Å². The van der Waals surface area contributed by atoms with Gasteiger partial charge in [0, 0.05) is 17.7 Å². The Morgan fingerprint density at radius 2 is 2.32 bits per heavy atom. The highest BCUT2D eigenvalue weighted by atomic mass is 19.1. The maximum atomic E-state index is 13.2. The van der Waals surface area contributed by atoms with E-state index in [0.29, 0.717) is 17.7 Å². The van der Waals surface area contributed by atoms with Crippen LogP contribution in [-0.4, -0.2) is 13.0 Å². The molecule has 1 aliphatic rings. The first-order valence-electron chi connectivity index (χ1n) is 5.66. The van der Waals surface area contributed by atoms with Crippen LogP contribution in [0.15, 0.2) is 41.8 Å². The summed E-state index contributed by atoms with van der Waals surface area (Å²) >= 11 is 0. The molecule has 0 atom stereocenters. The van der Waals surface area contributed by atoms with E-state index >= 15 is 0 Å². The van der Waals surface area contributed by atoms with Gasteiger partial charge in [0.1, 0.15) is 11.6 Å². The van der Waals surface area contributed by atoms with Crippen LogP contribution in [0.25, 0.3) is 0 Å². The van der Waals surface area contributed by atoms with E-state index in [1.54, 1.807) is 13.2 Å². The van der Waals surface area contributed by atoms with Gasteiger partial charge < -0.3 is 10.1 Å². The molecular formula is C15H12FNO2. The maximum Gasteiger partial charge on any atom is 0.255 e. The lowest BCUT2D eigenvalue weighted by Crippen LogP contribution is -2.21. The van der Waals surface area contributed by atoms with E-state index in [4.69, 9.17) is 11.2 Å². The van der Waals surface area contributed by atoms with Crippen molar-refractivity contribution in [1.82, 2.24) is 5.32 Å². The quantitative estimate of drug-likeness (QED) is 0.844. The molecular weight excluding hydrogens is 245 g/mol. The molecule has 96 valence electrons. The molecule has 0 saturated heterocycles. The van der Waals surface area contributed by atoms with Gasteiger partial charge in [0.05, 0.1) is 12.7 Å². The average molecular weight is 257 g/mol. The van der Waals surface area contributed by atoms with Gasteiger partial charge in [-0.15, -0.1) is 6.42 Å². The number of carbonyl (C=O) groups is 1. The van der Waals surface area contributed by atoms with Gasteiger partial charge in [-0.05, 0) is 24.3 Å². The highest BCUT2D eigenvalue weighted by Crippen LogP contribution is 2.16. The van der Waals surface area contributed by atoms with E-state index in [-0.39, 0.29) is 11.5 Å². The molecule has 0 unspecified atom stereocenters. The SMILES string of the molecule is C#Cc1cc(C(=O)NC2=CCC(OC)=C2)ccc1F.